The second-order valence-electron chi connectivity index (χ2n) is 2.87. The van der Waals surface area contributed by atoms with E-state index in [4.69, 9.17) is 0 Å². The first kappa shape index (κ1) is 9.50. The van der Waals surface area contributed by atoms with E-state index in [0.717, 1.165) is 0 Å². The predicted molar refractivity (Wildman–Crippen MR) is 47.6 cm³/mol. The molecule has 0 saturated heterocycles. The summed E-state index contributed by atoms with van der Waals surface area (Å²) in [5.41, 5.74) is 0.0342. The maximum Gasteiger partial charge on any atom is 0.333 e. The quantitative estimate of drug-likeness (QED) is 0.568. The van der Waals surface area contributed by atoms with Crippen molar-refractivity contribution in [2.24, 2.45) is 0 Å². The Labute approximate surface area is 82.1 Å². The fourth-order valence-corrected chi connectivity index (χ4v) is 1.31. The Morgan fingerprint density at radius 3 is 2.80 bits per heavy atom. The van der Waals surface area contributed by atoms with Gasteiger partial charge in [-0.15, -0.1) is 0 Å². The van der Waals surface area contributed by atoms with Crippen molar-refractivity contribution in [2.75, 3.05) is 0 Å². The van der Waals surface area contributed by atoms with Crippen LogP contribution >= 0.6 is 0 Å². The third-order valence-electron chi connectivity index (χ3n) is 1.97. The minimum absolute atomic E-state index is 0.142. The zero-order valence-corrected chi connectivity index (χ0v) is 7.30. The van der Waals surface area contributed by atoms with Crippen molar-refractivity contribution < 1.29 is 13.7 Å². The summed E-state index contributed by atoms with van der Waals surface area (Å²) in [6.45, 7) is -2.75. The standard InChI is InChI=1S/C8H5F2N3O2/c9-8(10)12-7-2-1-6(13(14)15)3-5(7)4-11-12/h1-4,8H. The number of aromatic nitrogens is 2. The van der Waals surface area contributed by atoms with Gasteiger partial charge in [0, 0.05) is 17.5 Å². The highest BCUT2D eigenvalue weighted by molar-refractivity contribution is 5.81. The summed E-state index contributed by atoms with van der Waals surface area (Å²) in [5.74, 6) is 0. The largest absolute Gasteiger partial charge is 0.333 e. The molecule has 1 aromatic heterocycles. The first-order valence-electron chi connectivity index (χ1n) is 3.99. The third kappa shape index (κ3) is 1.51. The molecule has 2 rings (SSSR count). The van der Waals surface area contributed by atoms with Gasteiger partial charge in [-0.05, 0) is 6.07 Å². The molecular formula is C8H5F2N3O2. The van der Waals surface area contributed by atoms with Crippen molar-refractivity contribution in [2.45, 2.75) is 6.55 Å². The van der Waals surface area contributed by atoms with Gasteiger partial charge in [0.05, 0.1) is 16.6 Å². The van der Waals surface area contributed by atoms with Crippen LogP contribution in [-0.2, 0) is 0 Å². The molecule has 1 aromatic carbocycles. The van der Waals surface area contributed by atoms with Crippen molar-refractivity contribution >= 4 is 16.6 Å². The van der Waals surface area contributed by atoms with Crippen LogP contribution in [0.5, 0.6) is 0 Å². The molecule has 0 aliphatic rings. The van der Waals surface area contributed by atoms with E-state index < -0.39 is 11.5 Å². The lowest BCUT2D eigenvalue weighted by atomic mass is 10.2. The molecule has 1 heterocycles. The molecule has 0 aliphatic carbocycles. The highest BCUT2D eigenvalue weighted by Crippen LogP contribution is 2.23. The van der Waals surface area contributed by atoms with Gasteiger partial charge in [-0.1, -0.05) is 0 Å². The maximum absolute atomic E-state index is 12.4. The van der Waals surface area contributed by atoms with E-state index in [0.29, 0.717) is 10.1 Å². The summed E-state index contributed by atoms with van der Waals surface area (Å²) in [6, 6.07) is 3.64. The van der Waals surface area contributed by atoms with Gasteiger partial charge in [0.1, 0.15) is 0 Å². The van der Waals surface area contributed by atoms with Gasteiger partial charge in [-0.25, -0.2) is 4.68 Å². The monoisotopic (exact) mass is 213 g/mol. The molecule has 5 nitrogen and oxygen atoms in total. The SMILES string of the molecule is O=[N+]([O-])c1ccc2c(cnn2C(F)F)c1. The number of nitrogens with zero attached hydrogens (tertiary/aromatic N) is 3. The number of alkyl halides is 2. The molecule has 0 radical (unpaired) electrons. The third-order valence-corrected chi connectivity index (χ3v) is 1.97. The van der Waals surface area contributed by atoms with Crippen LogP contribution in [-0.4, -0.2) is 14.7 Å². The fraction of sp³-hybridized carbons (Fsp3) is 0.125. The summed E-state index contributed by atoms with van der Waals surface area (Å²) in [6.07, 6.45) is 1.18. The number of hydrogen-bond acceptors (Lipinski definition) is 3. The number of fused-ring (bicyclic) bond motifs is 1. The molecule has 0 amide bonds. The summed E-state index contributed by atoms with van der Waals surface area (Å²) in [7, 11) is 0. The molecule has 15 heavy (non-hydrogen) atoms. The molecule has 0 saturated carbocycles. The Balaban J connectivity index is 2.61. The molecule has 0 atom stereocenters. The molecule has 0 bridgehead atoms. The number of halogens is 2. The normalized spacial score (nSPS) is 11.1. The average molecular weight is 213 g/mol. The second-order valence-corrected chi connectivity index (χ2v) is 2.87. The summed E-state index contributed by atoms with van der Waals surface area (Å²) in [4.78, 5) is 9.83. The number of rotatable bonds is 2. The molecule has 0 N–H and O–H groups in total. The fourth-order valence-electron chi connectivity index (χ4n) is 1.31. The highest BCUT2D eigenvalue weighted by Gasteiger charge is 2.13. The first-order chi connectivity index (χ1) is 7.09. The first-order valence-corrected chi connectivity index (χ1v) is 3.99. The van der Waals surface area contributed by atoms with Gasteiger partial charge >= 0.3 is 6.55 Å². The van der Waals surface area contributed by atoms with E-state index in [-0.39, 0.29) is 11.2 Å². The Hall–Kier alpha value is -2.05. The lowest BCUT2D eigenvalue weighted by molar-refractivity contribution is -0.384. The van der Waals surface area contributed by atoms with Gasteiger partial charge in [-0.3, -0.25) is 10.1 Å². The molecule has 2 aromatic rings. The van der Waals surface area contributed by atoms with Crippen LogP contribution in [0.25, 0.3) is 10.9 Å². The van der Waals surface area contributed by atoms with Crippen molar-refractivity contribution in [3.8, 4) is 0 Å². The molecule has 0 unspecified atom stereocenters. The molecule has 7 heteroatoms. The van der Waals surface area contributed by atoms with Gasteiger partial charge < -0.3 is 0 Å². The van der Waals surface area contributed by atoms with E-state index in [9.17, 15) is 18.9 Å². The van der Waals surface area contributed by atoms with E-state index in [1.54, 1.807) is 0 Å². The van der Waals surface area contributed by atoms with Crippen LogP contribution in [0.4, 0.5) is 14.5 Å². The zero-order valence-electron chi connectivity index (χ0n) is 7.30. The highest BCUT2D eigenvalue weighted by atomic mass is 19.3. The van der Waals surface area contributed by atoms with Gasteiger partial charge in [-0.2, -0.15) is 13.9 Å². The summed E-state index contributed by atoms with van der Waals surface area (Å²) >= 11 is 0. The summed E-state index contributed by atoms with van der Waals surface area (Å²) < 4.78 is 25.2. The number of nitro groups is 1. The smallest absolute Gasteiger partial charge is 0.258 e. The van der Waals surface area contributed by atoms with Gasteiger partial charge in [0.2, 0.25) is 0 Å². The van der Waals surface area contributed by atoms with Crippen LogP contribution < -0.4 is 0 Å². The lowest BCUT2D eigenvalue weighted by Crippen LogP contribution is -1.99. The molecule has 0 aliphatic heterocycles. The Bertz CT molecular complexity index is 524. The van der Waals surface area contributed by atoms with Gasteiger partial charge in [0.15, 0.2) is 0 Å². The minimum atomic E-state index is -2.75. The van der Waals surface area contributed by atoms with Gasteiger partial charge in [0.25, 0.3) is 5.69 Å². The van der Waals surface area contributed by atoms with E-state index >= 15 is 0 Å². The van der Waals surface area contributed by atoms with Crippen LogP contribution in [0.15, 0.2) is 24.4 Å². The van der Waals surface area contributed by atoms with Crippen LogP contribution in [0.3, 0.4) is 0 Å². The number of nitro benzene ring substituents is 1. The summed E-state index contributed by atoms with van der Waals surface area (Å²) in [5, 5.41) is 14.2. The van der Waals surface area contributed by atoms with Crippen molar-refractivity contribution in [3.63, 3.8) is 0 Å². The van der Waals surface area contributed by atoms with Crippen LogP contribution in [0.1, 0.15) is 6.55 Å². The van der Waals surface area contributed by atoms with Crippen molar-refractivity contribution in [3.05, 3.63) is 34.5 Å². The van der Waals surface area contributed by atoms with Crippen LogP contribution in [0.2, 0.25) is 0 Å². The molecular weight excluding hydrogens is 208 g/mol. The Morgan fingerprint density at radius 2 is 2.20 bits per heavy atom. The van der Waals surface area contributed by atoms with Crippen molar-refractivity contribution in [1.82, 2.24) is 9.78 Å². The molecule has 78 valence electrons. The number of non-ortho nitro benzene ring substituents is 1. The van der Waals surface area contributed by atoms with Crippen LogP contribution in [0, 0.1) is 10.1 Å². The Kier molecular flexibility index (Phi) is 2.07. The number of benzene rings is 1. The maximum atomic E-state index is 12.4. The van der Waals surface area contributed by atoms with Crippen molar-refractivity contribution in [1.29, 1.82) is 0 Å². The zero-order chi connectivity index (χ0) is 11.0. The molecule has 0 spiro atoms. The minimum Gasteiger partial charge on any atom is -0.258 e. The second kappa shape index (κ2) is 3.26. The topological polar surface area (TPSA) is 61.0 Å². The number of hydrogen-bond donors (Lipinski definition) is 0. The predicted octanol–water partition coefficient (Wildman–Crippen LogP) is 2.34. The van der Waals surface area contributed by atoms with E-state index in [2.05, 4.69) is 5.10 Å². The Morgan fingerprint density at radius 1 is 1.47 bits per heavy atom. The molecule has 0 fully saturated rings. The average Bonchev–Trinajstić information content (AvgIpc) is 2.59. The van der Waals surface area contributed by atoms with E-state index in [1.807, 2.05) is 0 Å². The lowest BCUT2D eigenvalue weighted by Gasteiger charge is -1.99. The van der Waals surface area contributed by atoms with E-state index in [1.165, 1.54) is 24.4 Å².